The molecule has 78 valence electrons. The fraction of sp³-hybridized carbons (Fsp3) is 0.400. The van der Waals surface area contributed by atoms with Crippen molar-refractivity contribution in [1.82, 2.24) is 4.98 Å². The van der Waals surface area contributed by atoms with Gasteiger partial charge in [0.1, 0.15) is 6.07 Å². The number of nitrogens with one attached hydrogen (secondary N) is 1. The van der Waals surface area contributed by atoms with Gasteiger partial charge in [0.2, 0.25) is 0 Å². The second-order valence-corrected chi connectivity index (χ2v) is 3.62. The van der Waals surface area contributed by atoms with Crippen molar-refractivity contribution in [3.63, 3.8) is 0 Å². The molecular weight excluding hydrogens is 200 g/mol. The predicted octanol–water partition coefficient (Wildman–Crippen LogP) is 2.16. The molecule has 15 heavy (non-hydrogen) atoms. The molecule has 1 aliphatic rings. The van der Waals surface area contributed by atoms with E-state index in [0.717, 1.165) is 0 Å². The second-order valence-electron chi connectivity index (χ2n) is 3.62. The minimum absolute atomic E-state index is 0.174. The number of hydrogen-bond donors (Lipinski definition) is 1. The summed E-state index contributed by atoms with van der Waals surface area (Å²) in [5.74, 6) is -2.55. The van der Waals surface area contributed by atoms with E-state index in [1.165, 1.54) is 6.20 Å². The van der Waals surface area contributed by atoms with Gasteiger partial charge in [-0.15, -0.1) is 0 Å². The molecule has 0 aromatic carbocycles. The molecule has 1 heterocycles. The Labute approximate surface area is 85.7 Å². The zero-order valence-corrected chi connectivity index (χ0v) is 7.87. The lowest BCUT2D eigenvalue weighted by atomic mass is 9.88. The van der Waals surface area contributed by atoms with Crippen molar-refractivity contribution >= 4 is 5.69 Å². The Morgan fingerprint density at radius 1 is 1.53 bits per heavy atom. The van der Waals surface area contributed by atoms with Gasteiger partial charge in [0.15, 0.2) is 5.69 Å². The van der Waals surface area contributed by atoms with Gasteiger partial charge < -0.3 is 5.32 Å². The number of alkyl halides is 2. The van der Waals surface area contributed by atoms with Crippen LogP contribution < -0.4 is 5.32 Å². The maximum absolute atomic E-state index is 12.6. The van der Waals surface area contributed by atoms with Gasteiger partial charge in [-0.1, -0.05) is 0 Å². The van der Waals surface area contributed by atoms with Gasteiger partial charge in [-0.2, -0.15) is 5.26 Å². The molecule has 1 fully saturated rings. The van der Waals surface area contributed by atoms with E-state index in [1.807, 2.05) is 6.07 Å². The van der Waals surface area contributed by atoms with Crippen molar-refractivity contribution in [3.05, 3.63) is 24.0 Å². The number of anilines is 1. The van der Waals surface area contributed by atoms with E-state index in [1.54, 1.807) is 12.1 Å². The summed E-state index contributed by atoms with van der Waals surface area (Å²) in [4.78, 5) is 3.83. The molecule has 0 radical (unpaired) electrons. The van der Waals surface area contributed by atoms with Crippen LogP contribution in [0.3, 0.4) is 0 Å². The highest BCUT2D eigenvalue weighted by molar-refractivity contribution is 5.54. The summed E-state index contributed by atoms with van der Waals surface area (Å²) in [5.41, 5.74) is 0.771. The van der Waals surface area contributed by atoms with Gasteiger partial charge in [0.05, 0.1) is 5.69 Å². The first-order valence-corrected chi connectivity index (χ1v) is 4.60. The van der Waals surface area contributed by atoms with E-state index in [9.17, 15) is 8.78 Å². The molecule has 1 aromatic heterocycles. The number of aromatic nitrogens is 1. The fourth-order valence-electron chi connectivity index (χ4n) is 1.59. The highest BCUT2D eigenvalue weighted by atomic mass is 19.3. The largest absolute Gasteiger partial charge is 0.380 e. The van der Waals surface area contributed by atoms with Gasteiger partial charge in [0, 0.05) is 25.1 Å². The van der Waals surface area contributed by atoms with E-state index in [4.69, 9.17) is 5.26 Å². The molecule has 0 aliphatic heterocycles. The number of hydrogen-bond acceptors (Lipinski definition) is 3. The van der Waals surface area contributed by atoms with Crippen LogP contribution in [-0.4, -0.2) is 16.9 Å². The zero-order valence-electron chi connectivity index (χ0n) is 7.87. The third kappa shape index (κ3) is 2.04. The molecule has 5 heteroatoms. The Kier molecular flexibility index (Phi) is 2.27. The molecule has 1 saturated carbocycles. The maximum Gasteiger partial charge on any atom is 0.252 e. The van der Waals surface area contributed by atoms with Crippen molar-refractivity contribution in [3.8, 4) is 6.07 Å². The average Bonchev–Trinajstić information content (AvgIpc) is 2.16. The molecular formula is C10H9F2N3. The number of rotatable bonds is 2. The minimum Gasteiger partial charge on any atom is -0.380 e. The predicted molar refractivity (Wildman–Crippen MR) is 50.5 cm³/mol. The lowest BCUT2D eigenvalue weighted by molar-refractivity contribution is -0.0793. The van der Waals surface area contributed by atoms with Crippen molar-refractivity contribution in [2.75, 3.05) is 5.32 Å². The summed E-state index contributed by atoms with van der Waals surface area (Å²) in [6, 6.07) is 4.99. The van der Waals surface area contributed by atoms with Gasteiger partial charge in [-0.25, -0.2) is 13.8 Å². The Bertz CT molecular complexity index is 403. The second kappa shape index (κ2) is 3.46. The van der Waals surface area contributed by atoms with Crippen LogP contribution in [-0.2, 0) is 0 Å². The fourth-order valence-corrected chi connectivity index (χ4v) is 1.59. The van der Waals surface area contributed by atoms with E-state index in [2.05, 4.69) is 10.3 Å². The first kappa shape index (κ1) is 9.84. The van der Waals surface area contributed by atoms with Crippen molar-refractivity contribution in [2.24, 2.45) is 0 Å². The summed E-state index contributed by atoms with van der Waals surface area (Å²) in [5, 5.41) is 11.6. The zero-order chi connectivity index (χ0) is 10.9. The standard InChI is InChI=1S/C10H9F2N3/c11-10(12)4-7(5-10)15-8-2-1-3-14-9(8)6-13/h1-3,7,15H,4-5H2. The summed E-state index contributed by atoms with van der Waals surface area (Å²) in [6.45, 7) is 0. The normalized spacial score (nSPS) is 19.0. The summed E-state index contributed by atoms with van der Waals surface area (Å²) >= 11 is 0. The smallest absolute Gasteiger partial charge is 0.252 e. The number of pyridine rings is 1. The molecule has 0 saturated heterocycles. The number of nitrogens with zero attached hydrogens (tertiary/aromatic N) is 2. The Morgan fingerprint density at radius 3 is 2.87 bits per heavy atom. The van der Waals surface area contributed by atoms with Crippen molar-refractivity contribution < 1.29 is 8.78 Å². The Hall–Kier alpha value is -1.70. The number of halogens is 2. The van der Waals surface area contributed by atoms with Crippen molar-refractivity contribution in [2.45, 2.75) is 24.8 Å². The summed E-state index contributed by atoms with van der Waals surface area (Å²) < 4.78 is 25.1. The molecule has 3 nitrogen and oxygen atoms in total. The van der Waals surface area contributed by atoms with Gasteiger partial charge in [0.25, 0.3) is 5.92 Å². The topological polar surface area (TPSA) is 48.7 Å². The van der Waals surface area contributed by atoms with E-state index in [0.29, 0.717) is 5.69 Å². The third-order valence-corrected chi connectivity index (χ3v) is 2.36. The highest BCUT2D eigenvalue weighted by Gasteiger charge is 2.45. The van der Waals surface area contributed by atoms with E-state index < -0.39 is 5.92 Å². The molecule has 0 unspecified atom stereocenters. The molecule has 1 N–H and O–H groups in total. The van der Waals surface area contributed by atoms with Gasteiger partial charge >= 0.3 is 0 Å². The maximum atomic E-state index is 12.6. The molecule has 0 spiro atoms. The Morgan fingerprint density at radius 2 is 2.27 bits per heavy atom. The van der Waals surface area contributed by atoms with Crippen LogP contribution in [0.2, 0.25) is 0 Å². The first-order chi connectivity index (χ1) is 7.11. The first-order valence-electron chi connectivity index (χ1n) is 4.60. The van der Waals surface area contributed by atoms with E-state index in [-0.39, 0.29) is 24.6 Å². The van der Waals surface area contributed by atoms with Crippen molar-refractivity contribution in [1.29, 1.82) is 5.26 Å². The van der Waals surface area contributed by atoms with E-state index >= 15 is 0 Å². The lowest BCUT2D eigenvalue weighted by Crippen LogP contribution is -2.44. The molecule has 0 atom stereocenters. The average molecular weight is 209 g/mol. The van der Waals surface area contributed by atoms with Crippen LogP contribution >= 0.6 is 0 Å². The Balaban J connectivity index is 2.04. The van der Waals surface area contributed by atoms with Gasteiger partial charge in [-0.05, 0) is 12.1 Å². The van der Waals surface area contributed by atoms with Crippen LogP contribution in [0.1, 0.15) is 18.5 Å². The third-order valence-electron chi connectivity index (χ3n) is 2.36. The molecule has 0 bridgehead atoms. The minimum atomic E-state index is -2.55. The van der Waals surface area contributed by atoms with Crippen LogP contribution in [0.4, 0.5) is 14.5 Å². The van der Waals surface area contributed by atoms with Crippen LogP contribution in [0.25, 0.3) is 0 Å². The summed E-state index contributed by atoms with van der Waals surface area (Å²) in [6.07, 6.45) is 1.15. The number of nitriles is 1. The molecule has 0 amide bonds. The van der Waals surface area contributed by atoms with Crippen LogP contribution in [0, 0.1) is 11.3 Å². The monoisotopic (exact) mass is 209 g/mol. The quantitative estimate of drug-likeness (QED) is 0.811. The molecule has 1 aromatic rings. The molecule has 1 aliphatic carbocycles. The van der Waals surface area contributed by atoms with Gasteiger partial charge in [-0.3, -0.25) is 0 Å². The highest BCUT2D eigenvalue weighted by Crippen LogP contribution is 2.39. The SMILES string of the molecule is N#Cc1ncccc1NC1CC(F)(F)C1. The van der Waals surface area contributed by atoms with Crippen LogP contribution in [0.5, 0.6) is 0 Å². The lowest BCUT2D eigenvalue weighted by Gasteiger charge is -2.36. The molecule has 2 rings (SSSR count). The summed E-state index contributed by atoms with van der Waals surface area (Å²) in [7, 11) is 0. The van der Waals surface area contributed by atoms with Crippen LogP contribution in [0.15, 0.2) is 18.3 Å².